The third-order valence-corrected chi connectivity index (χ3v) is 6.82. The molecule has 7 nitrogen and oxygen atoms in total. The first-order valence-corrected chi connectivity index (χ1v) is 12.0. The summed E-state index contributed by atoms with van der Waals surface area (Å²) >= 11 is 0. The van der Waals surface area contributed by atoms with Crippen molar-refractivity contribution in [1.29, 1.82) is 0 Å². The maximum atomic E-state index is 12.9. The third-order valence-electron chi connectivity index (χ3n) is 6.82. The average molecular weight is 445 g/mol. The van der Waals surface area contributed by atoms with Gasteiger partial charge in [0.25, 0.3) is 0 Å². The summed E-state index contributed by atoms with van der Waals surface area (Å²) in [6, 6.07) is 14.7. The minimum Gasteiger partial charge on any atom is -0.353 e. The van der Waals surface area contributed by atoms with Gasteiger partial charge < -0.3 is 14.8 Å². The number of nitrogens with zero attached hydrogens (tertiary/aromatic N) is 5. The van der Waals surface area contributed by atoms with Gasteiger partial charge >= 0.3 is 0 Å². The van der Waals surface area contributed by atoms with Gasteiger partial charge in [-0.3, -0.25) is 9.69 Å². The fraction of sp³-hybridized carbons (Fsp3) is 0.423. The lowest BCUT2D eigenvalue weighted by molar-refractivity contribution is -0.131. The highest BCUT2D eigenvalue weighted by Gasteiger charge is 2.29. The number of hydrogen-bond donors (Lipinski definition) is 1. The monoisotopic (exact) mass is 444 g/mol. The zero-order chi connectivity index (χ0) is 22.6. The van der Waals surface area contributed by atoms with Gasteiger partial charge in [0.1, 0.15) is 11.6 Å². The number of aromatic amines is 1. The first-order valence-electron chi connectivity index (χ1n) is 12.0. The highest BCUT2D eigenvalue weighted by Crippen LogP contribution is 2.31. The molecule has 1 aromatic carbocycles. The maximum absolute atomic E-state index is 12.9. The molecule has 0 aliphatic carbocycles. The summed E-state index contributed by atoms with van der Waals surface area (Å²) in [5, 5.41) is 0. The first kappa shape index (κ1) is 21.6. The number of amides is 1. The number of H-pyrrole nitrogens is 1. The van der Waals surface area contributed by atoms with E-state index in [1.54, 1.807) is 0 Å². The quantitative estimate of drug-likeness (QED) is 0.629. The number of pyridine rings is 1. The second-order valence-corrected chi connectivity index (χ2v) is 9.05. The molecule has 2 aliphatic rings. The summed E-state index contributed by atoms with van der Waals surface area (Å²) in [6.45, 7) is 7.10. The molecule has 33 heavy (non-hydrogen) atoms. The van der Waals surface area contributed by atoms with Crippen molar-refractivity contribution in [3.8, 4) is 11.3 Å². The Bertz CT molecular complexity index is 1070. The molecule has 2 saturated heterocycles. The van der Waals surface area contributed by atoms with Crippen LogP contribution in [0.5, 0.6) is 0 Å². The van der Waals surface area contributed by atoms with E-state index in [1.165, 1.54) is 11.1 Å². The molecule has 4 heterocycles. The predicted molar refractivity (Wildman–Crippen MR) is 130 cm³/mol. The standard InChI is InChI=1S/C26H32N6O/c1-20-6-4-7-21(18-20)22-19-28-26(29-22)23-8-5-12-30(23)13-10-25(33)32-16-14-31(15-17-32)24-9-2-3-11-27-24/h2-4,6-7,9,11,18-19,23H,5,8,10,12-17H2,1H3,(H,28,29)/t23-/m1/s1. The van der Waals surface area contributed by atoms with E-state index in [1.807, 2.05) is 35.5 Å². The summed E-state index contributed by atoms with van der Waals surface area (Å²) in [5.74, 6) is 2.26. The molecule has 0 bridgehead atoms. The van der Waals surface area contributed by atoms with Gasteiger partial charge in [-0.15, -0.1) is 0 Å². The number of carbonyl (C=O) groups is 1. The second-order valence-electron chi connectivity index (χ2n) is 9.05. The van der Waals surface area contributed by atoms with Gasteiger partial charge in [0.2, 0.25) is 5.91 Å². The van der Waals surface area contributed by atoms with E-state index < -0.39 is 0 Å². The van der Waals surface area contributed by atoms with Crippen LogP contribution in [0.2, 0.25) is 0 Å². The largest absolute Gasteiger partial charge is 0.353 e. The first-order chi connectivity index (χ1) is 16.2. The lowest BCUT2D eigenvalue weighted by Crippen LogP contribution is -2.49. The van der Waals surface area contributed by atoms with Crippen molar-refractivity contribution in [2.45, 2.75) is 32.2 Å². The van der Waals surface area contributed by atoms with Gasteiger partial charge in [0.15, 0.2) is 0 Å². The number of imidazole rings is 1. The van der Waals surface area contributed by atoms with E-state index in [0.29, 0.717) is 6.42 Å². The molecule has 1 amide bonds. The molecule has 3 aromatic rings. The lowest BCUT2D eigenvalue weighted by atomic mass is 10.1. The zero-order valence-corrected chi connectivity index (χ0v) is 19.3. The molecule has 0 spiro atoms. The molecular formula is C26H32N6O. The van der Waals surface area contributed by atoms with Crippen LogP contribution in [0.4, 0.5) is 5.82 Å². The van der Waals surface area contributed by atoms with Crippen LogP contribution in [-0.2, 0) is 4.79 Å². The van der Waals surface area contributed by atoms with Crippen LogP contribution in [-0.4, -0.2) is 69.9 Å². The van der Waals surface area contributed by atoms with Crippen LogP contribution in [0.15, 0.2) is 54.9 Å². The summed E-state index contributed by atoms with van der Waals surface area (Å²) in [7, 11) is 0. The van der Waals surface area contributed by atoms with Crippen molar-refractivity contribution < 1.29 is 4.79 Å². The lowest BCUT2D eigenvalue weighted by Gasteiger charge is -2.35. The Morgan fingerprint density at radius 1 is 1.06 bits per heavy atom. The summed E-state index contributed by atoms with van der Waals surface area (Å²) in [4.78, 5) is 32.3. The van der Waals surface area contributed by atoms with Crippen molar-refractivity contribution in [2.75, 3.05) is 44.2 Å². The number of likely N-dealkylation sites (tertiary alicyclic amines) is 1. The summed E-state index contributed by atoms with van der Waals surface area (Å²) in [5.41, 5.74) is 3.46. The molecular weight excluding hydrogens is 412 g/mol. The minimum atomic E-state index is 0.251. The zero-order valence-electron chi connectivity index (χ0n) is 19.3. The molecule has 7 heteroatoms. The predicted octanol–water partition coefficient (Wildman–Crippen LogP) is 3.66. The molecule has 5 rings (SSSR count). The van der Waals surface area contributed by atoms with Crippen LogP contribution in [0.25, 0.3) is 11.3 Å². The number of carbonyl (C=O) groups excluding carboxylic acids is 1. The number of aromatic nitrogens is 3. The maximum Gasteiger partial charge on any atom is 0.223 e. The number of piperazine rings is 1. The molecule has 0 saturated carbocycles. The normalized spacial score (nSPS) is 19.2. The van der Waals surface area contributed by atoms with Gasteiger partial charge in [-0.25, -0.2) is 9.97 Å². The van der Waals surface area contributed by atoms with Gasteiger partial charge in [-0.2, -0.15) is 0 Å². The Labute approximate surface area is 195 Å². The van der Waals surface area contributed by atoms with E-state index in [0.717, 1.165) is 69.4 Å². The topological polar surface area (TPSA) is 68.4 Å². The fourth-order valence-electron chi connectivity index (χ4n) is 4.99. The van der Waals surface area contributed by atoms with Crippen molar-refractivity contribution in [2.24, 2.45) is 0 Å². The van der Waals surface area contributed by atoms with Crippen molar-refractivity contribution >= 4 is 11.7 Å². The van der Waals surface area contributed by atoms with E-state index in [9.17, 15) is 4.79 Å². The van der Waals surface area contributed by atoms with Gasteiger partial charge in [0.05, 0.1) is 17.9 Å². The van der Waals surface area contributed by atoms with Crippen LogP contribution < -0.4 is 4.90 Å². The second kappa shape index (κ2) is 9.75. The van der Waals surface area contributed by atoms with Gasteiger partial charge in [-0.05, 0) is 50.1 Å². The summed E-state index contributed by atoms with van der Waals surface area (Å²) in [6.07, 6.45) is 6.54. The number of anilines is 1. The van der Waals surface area contributed by atoms with E-state index in [2.05, 4.69) is 51.0 Å². The molecule has 1 atom stereocenters. The molecule has 2 fully saturated rings. The third kappa shape index (κ3) is 4.93. The fourth-order valence-corrected chi connectivity index (χ4v) is 4.99. The number of nitrogens with one attached hydrogen (secondary N) is 1. The SMILES string of the molecule is Cc1cccc(-c2cnc([C@H]3CCCN3CCC(=O)N3CCN(c4ccccn4)CC3)[nH]2)c1. The van der Waals surface area contributed by atoms with Gasteiger partial charge in [-0.1, -0.05) is 29.8 Å². The van der Waals surface area contributed by atoms with Crippen LogP contribution in [0.1, 0.15) is 36.7 Å². The molecule has 2 aliphatic heterocycles. The van der Waals surface area contributed by atoms with Gasteiger partial charge in [0, 0.05) is 45.3 Å². The molecule has 2 aromatic heterocycles. The van der Waals surface area contributed by atoms with Crippen molar-refractivity contribution in [1.82, 2.24) is 24.8 Å². The molecule has 0 unspecified atom stereocenters. The van der Waals surface area contributed by atoms with E-state index >= 15 is 0 Å². The van der Waals surface area contributed by atoms with Crippen molar-refractivity contribution in [3.63, 3.8) is 0 Å². The van der Waals surface area contributed by atoms with E-state index in [4.69, 9.17) is 4.98 Å². The number of hydrogen-bond acceptors (Lipinski definition) is 5. The van der Waals surface area contributed by atoms with Crippen LogP contribution in [0, 0.1) is 6.92 Å². The minimum absolute atomic E-state index is 0.251. The highest BCUT2D eigenvalue weighted by molar-refractivity contribution is 5.76. The van der Waals surface area contributed by atoms with Crippen LogP contribution >= 0.6 is 0 Å². The Hall–Kier alpha value is -3.19. The molecule has 172 valence electrons. The Morgan fingerprint density at radius 2 is 1.94 bits per heavy atom. The van der Waals surface area contributed by atoms with Crippen molar-refractivity contribution in [3.05, 3.63) is 66.2 Å². The Balaban J connectivity index is 1.15. The number of aryl methyl sites for hydroxylation is 1. The van der Waals surface area contributed by atoms with E-state index in [-0.39, 0.29) is 11.9 Å². The average Bonchev–Trinajstić information content (AvgIpc) is 3.53. The Morgan fingerprint density at radius 3 is 2.73 bits per heavy atom. The summed E-state index contributed by atoms with van der Waals surface area (Å²) < 4.78 is 0. The van der Waals surface area contributed by atoms with Crippen LogP contribution in [0.3, 0.4) is 0 Å². The number of rotatable bonds is 6. The number of benzene rings is 1. The Kier molecular flexibility index (Phi) is 6.39. The smallest absolute Gasteiger partial charge is 0.223 e. The molecule has 1 N–H and O–H groups in total. The molecule has 0 radical (unpaired) electrons. The highest BCUT2D eigenvalue weighted by atomic mass is 16.2.